The minimum Gasteiger partial charge on any atom is -0.496 e. The van der Waals surface area contributed by atoms with Crippen LogP contribution in [-0.4, -0.2) is 50.8 Å². The maximum atomic E-state index is 11.3. The van der Waals surface area contributed by atoms with E-state index in [0.717, 1.165) is 17.7 Å². The molecule has 0 bridgehead atoms. The van der Waals surface area contributed by atoms with Crippen LogP contribution in [0.4, 0.5) is 0 Å². The van der Waals surface area contributed by atoms with Gasteiger partial charge in [0.1, 0.15) is 11.8 Å². The van der Waals surface area contributed by atoms with E-state index in [2.05, 4.69) is 11.7 Å². The fourth-order valence-corrected chi connectivity index (χ4v) is 2.06. The Bertz CT molecular complexity index is 437. The summed E-state index contributed by atoms with van der Waals surface area (Å²) in [7, 11) is 4.96. The van der Waals surface area contributed by atoms with Gasteiger partial charge in [-0.05, 0) is 32.0 Å². The number of methoxy groups -OCH3 is 2. The van der Waals surface area contributed by atoms with Crippen molar-refractivity contribution in [2.45, 2.75) is 25.4 Å². The standard InChI is InChI=1S/C15H24N2O3/c1-11(17(2)10-13(16)15(18)20-4)9-12-7-5-6-8-14(12)19-3/h5-8,11,13H,9-10,16H2,1-4H3. The lowest BCUT2D eigenvalue weighted by molar-refractivity contribution is -0.142. The van der Waals surface area contributed by atoms with Crippen molar-refractivity contribution in [3.63, 3.8) is 0 Å². The number of ether oxygens (including phenoxy) is 2. The lowest BCUT2D eigenvalue weighted by atomic mass is 10.0. The number of nitrogens with two attached hydrogens (primary N) is 1. The summed E-state index contributed by atoms with van der Waals surface area (Å²) in [6.07, 6.45) is 0.828. The van der Waals surface area contributed by atoms with Gasteiger partial charge in [0.2, 0.25) is 0 Å². The molecule has 1 rings (SSSR count). The van der Waals surface area contributed by atoms with E-state index in [1.54, 1.807) is 7.11 Å². The Balaban J connectivity index is 2.61. The van der Waals surface area contributed by atoms with E-state index in [0.29, 0.717) is 6.54 Å². The SMILES string of the molecule is COC(=O)C(N)CN(C)C(C)Cc1ccccc1OC. The fraction of sp³-hybridized carbons (Fsp3) is 0.533. The highest BCUT2D eigenvalue weighted by atomic mass is 16.5. The van der Waals surface area contributed by atoms with Gasteiger partial charge in [-0.15, -0.1) is 0 Å². The summed E-state index contributed by atoms with van der Waals surface area (Å²) >= 11 is 0. The molecule has 0 aromatic heterocycles. The predicted octanol–water partition coefficient (Wildman–Crippen LogP) is 1.06. The molecule has 0 amide bonds. The van der Waals surface area contributed by atoms with E-state index in [9.17, 15) is 4.79 Å². The van der Waals surface area contributed by atoms with Crippen molar-refractivity contribution in [1.82, 2.24) is 4.90 Å². The first-order valence-corrected chi connectivity index (χ1v) is 6.65. The number of likely N-dealkylation sites (N-methyl/N-ethyl adjacent to an activating group) is 1. The van der Waals surface area contributed by atoms with E-state index >= 15 is 0 Å². The summed E-state index contributed by atoms with van der Waals surface area (Å²) in [5, 5.41) is 0. The first-order valence-electron chi connectivity index (χ1n) is 6.65. The Kier molecular flexibility index (Phi) is 6.48. The van der Waals surface area contributed by atoms with Crippen LogP contribution in [0.15, 0.2) is 24.3 Å². The minimum atomic E-state index is -0.620. The molecule has 112 valence electrons. The highest BCUT2D eigenvalue weighted by Crippen LogP contribution is 2.20. The summed E-state index contributed by atoms with van der Waals surface area (Å²) < 4.78 is 9.98. The lowest BCUT2D eigenvalue weighted by Crippen LogP contribution is -2.45. The Morgan fingerprint density at radius 2 is 2.00 bits per heavy atom. The Hall–Kier alpha value is -1.59. The average molecular weight is 280 g/mol. The highest BCUT2D eigenvalue weighted by molar-refractivity contribution is 5.75. The zero-order valence-corrected chi connectivity index (χ0v) is 12.6. The molecule has 0 aliphatic carbocycles. The van der Waals surface area contributed by atoms with E-state index in [4.69, 9.17) is 10.5 Å². The van der Waals surface area contributed by atoms with E-state index in [-0.39, 0.29) is 12.0 Å². The van der Waals surface area contributed by atoms with Crippen LogP contribution in [0.5, 0.6) is 5.75 Å². The van der Waals surface area contributed by atoms with Crippen LogP contribution < -0.4 is 10.5 Å². The number of esters is 1. The molecule has 5 nitrogen and oxygen atoms in total. The largest absolute Gasteiger partial charge is 0.496 e. The number of hydrogen-bond acceptors (Lipinski definition) is 5. The van der Waals surface area contributed by atoms with Gasteiger partial charge < -0.3 is 20.1 Å². The monoisotopic (exact) mass is 280 g/mol. The topological polar surface area (TPSA) is 64.8 Å². The van der Waals surface area contributed by atoms with Crippen molar-refractivity contribution in [3.05, 3.63) is 29.8 Å². The van der Waals surface area contributed by atoms with Crippen LogP contribution in [0.25, 0.3) is 0 Å². The molecule has 0 aliphatic heterocycles. The quantitative estimate of drug-likeness (QED) is 0.757. The molecule has 1 aromatic rings. The van der Waals surface area contributed by atoms with Crippen LogP contribution in [-0.2, 0) is 16.0 Å². The Morgan fingerprint density at radius 3 is 2.60 bits per heavy atom. The summed E-state index contributed by atoms with van der Waals surface area (Å²) in [5.74, 6) is 0.492. The number of hydrogen-bond donors (Lipinski definition) is 1. The normalized spacial score (nSPS) is 13.9. The van der Waals surface area contributed by atoms with Gasteiger partial charge in [-0.25, -0.2) is 0 Å². The first kappa shape index (κ1) is 16.5. The highest BCUT2D eigenvalue weighted by Gasteiger charge is 2.19. The summed E-state index contributed by atoms with van der Waals surface area (Å²) in [4.78, 5) is 13.4. The molecule has 0 radical (unpaired) electrons. The number of carbonyl (C=O) groups excluding carboxylic acids is 1. The maximum absolute atomic E-state index is 11.3. The molecule has 0 saturated carbocycles. The number of rotatable bonds is 7. The summed E-state index contributed by atoms with van der Waals surface area (Å²) in [6.45, 7) is 2.55. The van der Waals surface area contributed by atoms with Crippen LogP contribution >= 0.6 is 0 Å². The van der Waals surface area contributed by atoms with Gasteiger partial charge in [0.05, 0.1) is 14.2 Å². The third-order valence-corrected chi connectivity index (χ3v) is 3.45. The van der Waals surface area contributed by atoms with Gasteiger partial charge in [0.25, 0.3) is 0 Å². The molecule has 20 heavy (non-hydrogen) atoms. The van der Waals surface area contributed by atoms with Crippen LogP contribution in [0.2, 0.25) is 0 Å². The van der Waals surface area contributed by atoms with Gasteiger partial charge in [0.15, 0.2) is 0 Å². The summed E-state index contributed by atoms with van der Waals surface area (Å²) in [5.41, 5.74) is 6.91. The average Bonchev–Trinajstić information content (AvgIpc) is 2.46. The van der Waals surface area contributed by atoms with Gasteiger partial charge in [-0.2, -0.15) is 0 Å². The fourth-order valence-electron chi connectivity index (χ4n) is 2.06. The third-order valence-electron chi connectivity index (χ3n) is 3.45. The predicted molar refractivity (Wildman–Crippen MR) is 78.8 cm³/mol. The molecular weight excluding hydrogens is 256 g/mol. The van der Waals surface area contributed by atoms with Gasteiger partial charge in [0, 0.05) is 12.6 Å². The third kappa shape index (κ3) is 4.51. The first-order chi connectivity index (χ1) is 9.49. The number of para-hydroxylation sites is 1. The Labute approximate surface area is 120 Å². The zero-order valence-electron chi connectivity index (χ0n) is 12.6. The van der Waals surface area contributed by atoms with Crippen molar-refractivity contribution in [1.29, 1.82) is 0 Å². The van der Waals surface area contributed by atoms with E-state index in [1.807, 2.05) is 36.2 Å². The zero-order chi connectivity index (χ0) is 15.1. The second-order valence-corrected chi connectivity index (χ2v) is 4.93. The van der Waals surface area contributed by atoms with Gasteiger partial charge in [-0.3, -0.25) is 4.79 Å². The molecular formula is C15H24N2O3. The molecule has 2 N–H and O–H groups in total. The molecule has 0 aliphatic rings. The van der Waals surface area contributed by atoms with Crippen molar-refractivity contribution in [2.75, 3.05) is 27.8 Å². The number of benzene rings is 1. The number of carbonyl (C=O) groups is 1. The Morgan fingerprint density at radius 1 is 1.35 bits per heavy atom. The molecule has 2 unspecified atom stereocenters. The summed E-state index contributed by atoms with van der Waals surface area (Å²) in [6, 6.07) is 7.55. The second-order valence-electron chi connectivity index (χ2n) is 4.93. The van der Waals surface area contributed by atoms with E-state index in [1.165, 1.54) is 7.11 Å². The van der Waals surface area contributed by atoms with Crippen molar-refractivity contribution in [2.24, 2.45) is 5.73 Å². The van der Waals surface area contributed by atoms with Crippen LogP contribution in [0.1, 0.15) is 12.5 Å². The second kappa shape index (κ2) is 7.87. The molecule has 2 atom stereocenters. The molecule has 0 heterocycles. The molecule has 0 saturated heterocycles. The molecule has 1 aromatic carbocycles. The van der Waals surface area contributed by atoms with Crippen molar-refractivity contribution in [3.8, 4) is 5.75 Å². The van der Waals surface area contributed by atoms with Crippen LogP contribution in [0, 0.1) is 0 Å². The molecule has 5 heteroatoms. The molecule has 0 spiro atoms. The van der Waals surface area contributed by atoms with Crippen LogP contribution in [0.3, 0.4) is 0 Å². The van der Waals surface area contributed by atoms with Gasteiger partial charge >= 0.3 is 5.97 Å². The smallest absolute Gasteiger partial charge is 0.323 e. The van der Waals surface area contributed by atoms with Crippen molar-refractivity contribution < 1.29 is 14.3 Å². The molecule has 0 fully saturated rings. The maximum Gasteiger partial charge on any atom is 0.323 e. The lowest BCUT2D eigenvalue weighted by Gasteiger charge is -2.27. The van der Waals surface area contributed by atoms with E-state index < -0.39 is 6.04 Å². The van der Waals surface area contributed by atoms with Gasteiger partial charge in [-0.1, -0.05) is 18.2 Å². The minimum absolute atomic E-state index is 0.238. The number of nitrogens with zero attached hydrogens (tertiary/aromatic N) is 1. The van der Waals surface area contributed by atoms with Crippen molar-refractivity contribution >= 4 is 5.97 Å².